The number of hydrogen-bond donors (Lipinski definition) is 1. The molecule has 1 aliphatic rings. The van der Waals surface area contributed by atoms with Crippen LogP contribution in [0.2, 0.25) is 5.28 Å². The lowest BCUT2D eigenvalue weighted by molar-refractivity contribution is -0.142. The van der Waals surface area contributed by atoms with E-state index in [4.69, 9.17) is 11.6 Å². The largest absolute Gasteiger partial charge is 0.481 e. The summed E-state index contributed by atoms with van der Waals surface area (Å²) in [5.74, 6) is 0.299. The Hall–Kier alpha value is -2.18. The number of benzene rings is 1. The van der Waals surface area contributed by atoms with Gasteiger partial charge in [0, 0.05) is 23.5 Å². The zero-order valence-electron chi connectivity index (χ0n) is 16.8. The summed E-state index contributed by atoms with van der Waals surface area (Å²) in [6.45, 7) is 7.79. The van der Waals surface area contributed by atoms with Crippen LogP contribution in [0.25, 0.3) is 21.3 Å². The monoisotopic (exact) mass is 429 g/mol. The highest BCUT2D eigenvalue weighted by atomic mass is 35.5. The van der Waals surface area contributed by atoms with Crippen LogP contribution in [0.5, 0.6) is 0 Å². The van der Waals surface area contributed by atoms with Crippen LogP contribution < -0.4 is 4.90 Å². The number of rotatable bonds is 4. The summed E-state index contributed by atoms with van der Waals surface area (Å²) in [5.41, 5.74) is 3.60. The summed E-state index contributed by atoms with van der Waals surface area (Å²) in [4.78, 5) is 24.6. The number of carbonyl (C=O) groups is 1. The second kappa shape index (κ2) is 7.92. The average molecular weight is 430 g/mol. The molecule has 29 heavy (non-hydrogen) atoms. The van der Waals surface area contributed by atoms with Crippen molar-refractivity contribution in [1.29, 1.82) is 0 Å². The first-order valence-corrected chi connectivity index (χ1v) is 11.1. The number of carboxylic acid groups (broad SMARTS) is 1. The van der Waals surface area contributed by atoms with Crippen molar-refractivity contribution >= 4 is 44.9 Å². The molecule has 0 amide bonds. The van der Waals surface area contributed by atoms with E-state index in [-0.39, 0.29) is 11.2 Å². The Morgan fingerprint density at radius 2 is 1.86 bits per heavy atom. The zero-order chi connectivity index (χ0) is 20.7. The van der Waals surface area contributed by atoms with Gasteiger partial charge >= 0.3 is 5.97 Å². The normalized spacial score (nSPS) is 15.4. The number of carboxylic acids is 1. The van der Waals surface area contributed by atoms with Crippen molar-refractivity contribution in [2.45, 2.75) is 39.5 Å². The quantitative estimate of drug-likeness (QED) is 0.535. The van der Waals surface area contributed by atoms with Gasteiger partial charge in [0.2, 0.25) is 5.28 Å². The molecular formula is C22H24ClN3O2S. The standard InChI is InChI=1S/C22H24ClN3O2S/c1-12(2)14-4-6-15(7-5-14)17-13(3)29-20-18(17)19(24-22(23)25-20)26-10-8-16(9-11-26)21(27)28/h4-7,12,16H,8-11H2,1-3H3,(H,27,28). The van der Waals surface area contributed by atoms with Crippen LogP contribution >= 0.6 is 22.9 Å². The van der Waals surface area contributed by atoms with E-state index in [0.29, 0.717) is 31.8 Å². The molecule has 2 aromatic heterocycles. The Bertz CT molecular complexity index is 1050. The molecule has 0 radical (unpaired) electrons. The highest BCUT2D eigenvalue weighted by Gasteiger charge is 2.28. The van der Waals surface area contributed by atoms with Gasteiger partial charge in [0.05, 0.1) is 11.3 Å². The molecular weight excluding hydrogens is 406 g/mol. The minimum absolute atomic E-state index is 0.232. The Kier molecular flexibility index (Phi) is 5.49. The van der Waals surface area contributed by atoms with Crippen LogP contribution in [0.3, 0.4) is 0 Å². The van der Waals surface area contributed by atoms with Gasteiger partial charge in [0.15, 0.2) is 0 Å². The topological polar surface area (TPSA) is 66.3 Å². The molecule has 152 valence electrons. The summed E-state index contributed by atoms with van der Waals surface area (Å²) >= 11 is 7.87. The summed E-state index contributed by atoms with van der Waals surface area (Å²) in [6.07, 6.45) is 1.22. The third-order valence-electron chi connectivity index (χ3n) is 5.69. The molecule has 4 rings (SSSR count). The van der Waals surface area contributed by atoms with Gasteiger partial charge in [-0.2, -0.15) is 4.98 Å². The molecule has 1 fully saturated rings. The lowest BCUT2D eigenvalue weighted by Crippen LogP contribution is -2.37. The molecule has 7 heteroatoms. The van der Waals surface area contributed by atoms with Crippen LogP contribution in [-0.2, 0) is 4.79 Å². The third-order valence-corrected chi connectivity index (χ3v) is 6.86. The van der Waals surface area contributed by atoms with E-state index in [9.17, 15) is 9.90 Å². The van der Waals surface area contributed by atoms with Crippen molar-refractivity contribution in [3.05, 3.63) is 40.0 Å². The van der Waals surface area contributed by atoms with E-state index < -0.39 is 5.97 Å². The van der Waals surface area contributed by atoms with Crippen molar-refractivity contribution in [1.82, 2.24) is 9.97 Å². The van der Waals surface area contributed by atoms with Gasteiger partial charge in [0.25, 0.3) is 0 Å². The lowest BCUT2D eigenvalue weighted by Gasteiger charge is -2.31. The number of fused-ring (bicyclic) bond motifs is 1. The van der Waals surface area contributed by atoms with Gasteiger partial charge < -0.3 is 10.0 Å². The minimum atomic E-state index is -0.715. The number of hydrogen-bond acceptors (Lipinski definition) is 5. The number of nitrogens with zero attached hydrogens (tertiary/aromatic N) is 3. The Morgan fingerprint density at radius 3 is 2.45 bits per heavy atom. The minimum Gasteiger partial charge on any atom is -0.481 e. The van der Waals surface area contributed by atoms with Crippen LogP contribution in [0.4, 0.5) is 5.82 Å². The van der Waals surface area contributed by atoms with Crippen molar-refractivity contribution < 1.29 is 9.90 Å². The summed E-state index contributed by atoms with van der Waals surface area (Å²) in [5, 5.41) is 10.6. The molecule has 1 aromatic carbocycles. The number of piperidine rings is 1. The highest BCUT2D eigenvalue weighted by molar-refractivity contribution is 7.19. The number of halogens is 1. The highest BCUT2D eigenvalue weighted by Crippen LogP contribution is 2.43. The SMILES string of the molecule is Cc1sc2nc(Cl)nc(N3CCC(C(=O)O)CC3)c2c1-c1ccc(C(C)C)cc1. The predicted molar refractivity (Wildman–Crippen MR) is 119 cm³/mol. The Labute approximate surface area is 179 Å². The summed E-state index contributed by atoms with van der Waals surface area (Å²) in [7, 11) is 0. The van der Waals surface area contributed by atoms with Crippen molar-refractivity contribution in [3.8, 4) is 11.1 Å². The molecule has 1 aliphatic heterocycles. The molecule has 5 nitrogen and oxygen atoms in total. The summed E-state index contributed by atoms with van der Waals surface area (Å²) in [6, 6.07) is 8.69. The molecule has 1 saturated heterocycles. The maximum Gasteiger partial charge on any atom is 0.306 e. The van der Waals surface area contributed by atoms with E-state index in [1.165, 1.54) is 10.4 Å². The third kappa shape index (κ3) is 3.83. The Balaban J connectivity index is 1.80. The second-order valence-electron chi connectivity index (χ2n) is 7.91. The number of thiophene rings is 1. The average Bonchev–Trinajstić information content (AvgIpc) is 3.02. The van der Waals surface area contributed by atoms with Gasteiger partial charge in [-0.15, -0.1) is 11.3 Å². The fourth-order valence-corrected chi connectivity index (χ4v) is 5.27. The lowest BCUT2D eigenvalue weighted by atomic mass is 9.96. The van der Waals surface area contributed by atoms with E-state index in [1.54, 1.807) is 11.3 Å². The van der Waals surface area contributed by atoms with Crippen molar-refractivity contribution in [3.63, 3.8) is 0 Å². The molecule has 0 spiro atoms. The van der Waals surface area contributed by atoms with Crippen LogP contribution in [-0.4, -0.2) is 34.1 Å². The zero-order valence-corrected chi connectivity index (χ0v) is 18.3. The van der Waals surface area contributed by atoms with E-state index in [1.807, 2.05) is 0 Å². The number of aryl methyl sites for hydroxylation is 1. The van der Waals surface area contributed by atoms with Crippen molar-refractivity contribution in [2.24, 2.45) is 5.92 Å². The van der Waals surface area contributed by atoms with E-state index in [2.05, 4.69) is 59.9 Å². The molecule has 3 aromatic rings. The molecule has 1 N–H and O–H groups in total. The first-order valence-electron chi connectivity index (χ1n) is 9.90. The molecule has 0 atom stereocenters. The predicted octanol–water partition coefficient (Wildman–Crippen LogP) is 5.74. The fourth-order valence-electron chi connectivity index (χ4n) is 4.02. The van der Waals surface area contributed by atoms with Gasteiger partial charge in [-0.25, -0.2) is 4.98 Å². The van der Waals surface area contributed by atoms with Crippen LogP contribution in [0.15, 0.2) is 24.3 Å². The molecule has 0 unspecified atom stereocenters. The van der Waals surface area contributed by atoms with Crippen molar-refractivity contribution in [2.75, 3.05) is 18.0 Å². The first kappa shape index (κ1) is 20.1. The number of aromatic nitrogens is 2. The molecule has 0 saturated carbocycles. The smallest absolute Gasteiger partial charge is 0.306 e. The molecule has 0 aliphatic carbocycles. The second-order valence-corrected chi connectivity index (χ2v) is 9.45. The van der Waals surface area contributed by atoms with E-state index in [0.717, 1.165) is 27.2 Å². The fraction of sp³-hybridized carbons (Fsp3) is 0.409. The Morgan fingerprint density at radius 1 is 1.21 bits per heavy atom. The van der Waals surface area contributed by atoms with Gasteiger partial charge in [0.1, 0.15) is 10.6 Å². The van der Waals surface area contributed by atoms with Gasteiger partial charge in [-0.1, -0.05) is 38.1 Å². The maximum atomic E-state index is 11.3. The molecule has 0 bridgehead atoms. The van der Waals surface area contributed by atoms with Crippen LogP contribution in [0.1, 0.15) is 43.0 Å². The number of anilines is 1. The molecule has 3 heterocycles. The number of aliphatic carboxylic acids is 1. The van der Waals surface area contributed by atoms with Gasteiger partial charge in [-0.05, 0) is 48.4 Å². The first-order chi connectivity index (χ1) is 13.8. The van der Waals surface area contributed by atoms with E-state index >= 15 is 0 Å². The summed E-state index contributed by atoms with van der Waals surface area (Å²) < 4.78 is 0. The maximum absolute atomic E-state index is 11.3. The van der Waals surface area contributed by atoms with Crippen LogP contribution in [0, 0.1) is 12.8 Å². The van der Waals surface area contributed by atoms with Gasteiger partial charge in [-0.3, -0.25) is 4.79 Å².